The Kier molecular flexibility index (Phi) is 3.90. The van der Waals surface area contributed by atoms with Gasteiger partial charge in [-0.3, -0.25) is 9.52 Å². The van der Waals surface area contributed by atoms with E-state index in [2.05, 4.69) is 10.6 Å². The van der Waals surface area contributed by atoms with Crippen molar-refractivity contribution < 1.29 is 4.84 Å². The highest BCUT2D eigenvalue weighted by atomic mass is 16.6. The molecule has 0 aliphatic rings. The second kappa shape index (κ2) is 5.61. The minimum atomic E-state index is 0.570. The molecule has 0 atom stereocenters. The third kappa shape index (κ3) is 3.41. The number of hydrogen-bond donors (Lipinski definition) is 1. The maximum Gasteiger partial charge on any atom is 0.0933 e. The van der Waals surface area contributed by atoms with Gasteiger partial charge in [-0.15, -0.1) is 0 Å². The van der Waals surface area contributed by atoms with E-state index < -0.39 is 0 Å². The number of hydrogen-bond acceptors (Lipinski definition) is 3. The van der Waals surface area contributed by atoms with Gasteiger partial charge in [0.05, 0.1) is 12.3 Å². The van der Waals surface area contributed by atoms with E-state index in [0.29, 0.717) is 13.2 Å². The van der Waals surface area contributed by atoms with Gasteiger partial charge in [-0.25, -0.2) is 0 Å². The van der Waals surface area contributed by atoms with Gasteiger partial charge < -0.3 is 0 Å². The maximum absolute atomic E-state index is 5.40. The summed E-state index contributed by atoms with van der Waals surface area (Å²) in [6.45, 7) is 3.24. The van der Waals surface area contributed by atoms with Gasteiger partial charge in [0, 0.05) is 25.4 Å². The molecule has 0 saturated carbocycles. The van der Waals surface area contributed by atoms with E-state index in [0.717, 1.165) is 16.8 Å². The molecule has 0 saturated heterocycles. The first-order chi connectivity index (χ1) is 8.25. The third-order valence-corrected chi connectivity index (χ3v) is 2.56. The first kappa shape index (κ1) is 11.8. The van der Waals surface area contributed by atoms with Crippen LogP contribution in [0.4, 0.5) is 0 Å². The summed E-state index contributed by atoms with van der Waals surface area (Å²) in [4.78, 5) is 5.40. The number of rotatable bonds is 5. The van der Waals surface area contributed by atoms with Crippen molar-refractivity contribution in [2.75, 3.05) is 0 Å². The molecular weight excluding hydrogens is 214 g/mol. The van der Waals surface area contributed by atoms with Crippen molar-refractivity contribution in [2.24, 2.45) is 7.05 Å². The molecule has 0 aliphatic carbocycles. The average molecular weight is 231 g/mol. The predicted molar refractivity (Wildman–Crippen MR) is 66.0 cm³/mol. The Balaban J connectivity index is 1.75. The highest BCUT2D eigenvalue weighted by molar-refractivity contribution is 5.15. The van der Waals surface area contributed by atoms with Crippen molar-refractivity contribution >= 4 is 0 Å². The smallest absolute Gasteiger partial charge is 0.0933 e. The van der Waals surface area contributed by atoms with Gasteiger partial charge in [-0.1, -0.05) is 30.3 Å². The van der Waals surface area contributed by atoms with Crippen molar-refractivity contribution in [3.63, 3.8) is 0 Å². The first-order valence-corrected chi connectivity index (χ1v) is 5.63. The Bertz CT molecular complexity index is 465. The fraction of sp³-hybridized carbons (Fsp3) is 0.308. The zero-order valence-corrected chi connectivity index (χ0v) is 10.2. The minimum absolute atomic E-state index is 0.570. The van der Waals surface area contributed by atoms with Gasteiger partial charge in [0.15, 0.2) is 0 Å². The molecule has 0 unspecified atom stereocenters. The summed E-state index contributed by atoms with van der Waals surface area (Å²) in [5.74, 6) is 0. The molecule has 0 radical (unpaired) electrons. The quantitative estimate of drug-likeness (QED) is 0.631. The molecular formula is C13H17N3O. The standard InChI is InChI=1S/C13H17N3O/c1-11-13(9-16(2)15-11)8-14-17-10-12-6-4-3-5-7-12/h3-7,9,14H,8,10H2,1-2H3. The Labute approximate surface area is 101 Å². The molecule has 1 heterocycles. The first-order valence-electron chi connectivity index (χ1n) is 5.63. The third-order valence-electron chi connectivity index (χ3n) is 2.56. The van der Waals surface area contributed by atoms with Gasteiger partial charge in [-0.05, 0) is 12.5 Å². The van der Waals surface area contributed by atoms with Crippen LogP contribution in [0.25, 0.3) is 0 Å². The van der Waals surface area contributed by atoms with Gasteiger partial charge >= 0.3 is 0 Å². The lowest BCUT2D eigenvalue weighted by Crippen LogP contribution is -2.14. The summed E-state index contributed by atoms with van der Waals surface area (Å²) >= 11 is 0. The summed E-state index contributed by atoms with van der Waals surface area (Å²) in [5.41, 5.74) is 6.29. The summed E-state index contributed by atoms with van der Waals surface area (Å²) in [7, 11) is 1.92. The van der Waals surface area contributed by atoms with E-state index in [-0.39, 0.29) is 0 Å². The van der Waals surface area contributed by atoms with Crippen molar-refractivity contribution in [1.29, 1.82) is 0 Å². The molecule has 0 aliphatic heterocycles. The van der Waals surface area contributed by atoms with Crippen LogP contribution in [0.2, 0.25) is 0 Å². The fourth-order valence-corrected chi connectivity index (χ4v) is 1.66. The van der Waals surface area contributed by atoms with Crippen LogP contribution in [0.3, 0.4) is 0 Å². The molecule has 2 aromatic rings. The Morgan fingerprint density at radius 3 is 2.71 bits per heavy atom. The topological polar surface area (TPSA) is 39.1 Å². The number of hydroxylamine groups is 1. The summed E-state index contributed by atoms with van der Waals surface area (Å²) < 4.78 is 1.81. The SMILES string of the molecule is Cc1nn(C)cc1CNOCc1ccccc1. The monoisotopic (exact) mass is 231 g/mol. The summed E-state index contributed by atoms with van der Waals surface area (Å²) in [6.07, 6.45) is 1.99. The molecule has 0 amide bonds. The van der Waals surface area contributed by atoms with E-state index in [4.69, 9.17) is 4.84 Å². The molecule has 0 bridgehead atoms. The van der Waals surface area contributed by atoms with E-state index in [1.54, 1.807) is 0 Å². The molecule has 90 valence electrons. The molecule has 1 N–H and O–H groups in total. The average Bonchev–Trinajstić information content (AvgIpc) is 2.65. The largest absolute Gasteiger partial charge is 0.297 e. The molecule has 4 nitrogen and oxygen atoms in total. The van der Waals surface area contributed by atoms with Crippen LogP contribution in [-0.4, -0.2) is 9.78 Å². The summed E-state index contributed by atoms with van der Waals surface area (Å²) in [6, 6.07) is 10.1. The number of nitrogens with zero attached hydrogens (tertiary/aromatic N) is 2. The normalized spacial score (nSPS) is 10.7. The van der Waals surface area contributed by atoms with Gasteiger partial charge in [-0.2, -0.15) is 10.6 Å². The van der Waals surface area contributed by atoms with Crippen LogP contribution in [0.15, 0.2) is 36.5 Å². The van der Waals surface area contributed by atoms with E-state index >= 15 is 0 Å². The van der Waals surface area contributed by atoms with Crippen molar-refractivity contribution in [3.05, 3.63) is 53.3 Å². The van der Waals surface area contributed by atoms with Gasteiger partial charge in [0.2, 0.25) is 0 Å². The van der Waals surface area contributed by atoms with E-state index in [9.17, 15) is 0 Å². The van der Waals surface area contributed by atoms with Crippen LogP contribution >= 0.6 is 0 Å². The van der Waals surface area contributed by atoms with Crippen molar-refractivity contribution in [3.8, 4) is 0 Å². The lowest BCUT2D eigenvalue weighted by molar-refractivity contribution is 0.0234. The zero-order chi connectivity index (χ0) is 12.1. The second-order valence-electron chi connectivity index (χ2n) is 4.01. The molecule has 4 heteroatoms. The number of aryl methyl sites for hydroxylation is 2. The van der Waals surface area contributed by atoms with E-state index in [1.807, 2.05) is 55.2 Å². The highest BCUT2D eigenvalue weighted by Crippen LogP contribution is 2.04. The van der Waals surface area contributed by atoms with Crippen LogP contribution in [0, 0.1) is 6.92 Å². The van der Waals surface area contributed by atoms with Crippen LogP contribution < -0.4 is 5.48 Å². The number of benzene rings is 1. The molecule has 1 aromatic heterocycles. The Morgan fingerprint density at radius 1 is 1.29 bits per heavy atom. The van der Waals surface area contributed by atoms with Crippen LogP contribution in [0.5, 0.6) is 0 Å². The molecule has 2 rings (SSSR count). The molecule has 0 spiro atoms. The van der Waals surface area contributed by atoms with Crippen molar-refractivity contribution in [2.45, 2.75) is 20.1 Å². The van der Waals surface area contributed by atoms with Crippen LogP contribution in [0.1, 0.15) is 16.8 Å². The Morgan fingerprint density at radius 2 is 2.06 bits per heavy atom. The summed E-state index contributed by atoms with van der Waals surface area (Å²) in [5, 5.41) is 4.27. The number of aromatic nitrogens is 2. The molecule has 0 fully saturated rings. The van der Waals surface area contributed by atoms with Crippen LogP contribution in [-0.2, 0) is 25.0 Å². The van der Waals surface area contributed by atoms with Crippen molar-refractivity contribution in [1.82, 2.24) is 15.3 Å². The van der Waals surface area contributed by atoms with Gasteiger partial charge in [0.25, 0.3) is 0 Å². The molecule has 1 aromatic carbocycles. The minimum Gasteiger partial charge on any atom is -0.297 e. The zero-order valence-electron chi connectivity index (χ0n) is 10.2. The maximum atomic E-state index is 5.40. The second-order valence-corrected chi connectivity index (χ2v) is 4.01. The lowest BCUT2D eigenvalue weighted by atomic mass is 10.2. The molecule has 17 heavy (non-hydrogen) atoms. The number of nitrogens with one attached hydrogen (secondary N) is 1. The highest BCUT2D eigenvalue weighted by Gasteiger charge is 2.01. The van der Waals surface area contributed by atoms with Gasteiger partial charge in [0.1, 0.15) is 0 Å². The fourth-order valence-electron chi connectivity index (χ4n) is 1.66. The van der Waals surface area contributed by atoms with E-state index in [1.165, 1.54) is 0 Å². The lowest BCUT2D eigenvalue weighted by Gasteiger charge is -2.05. The Hall–Kier alpha value is -1.65. The predicted octanol–water partition coefficient (Wildman–Crippen LogP) is 1.95.